The molecule has 168 valence electrons. The number of rotatable bonds is 6. The number of aliphatic hydroxyl groups excluding tert-OH is 1. The van der Waals surface area contributed by atoms with E-state index in [9.17, 15) is 10.2 Å². The summed E-state index contributed by atoms with van der Waals surface area (Å²) in [6.07, 6.45) is 13.4. The molecule has 0 unspecified atom stereocenters. The van der Waals surface area contributed by atoms with Crippen molar-refractivity contribution in [2.24, 2.45) is 46.3 Å². The van der Waals surface area contributed by atoms with E-state index in [0.29, 0.717) is 23.4 Å². The summed E-state index contributed by atoms with van der Waals surface area (Å²) in [5.41, 5.74) is 0.331. The summed E-state index contributed by atoms with van der Waals surface area (Å²) in [5.74, 6) is 4.74. The predicted molar refractivity (Wildman–Crippen MR) is 118 cm³/mol. The average Bonchev–Trinajstić information content (AvgIpc) is 3.03. The van der Waals surface area contributed by atoms with Gasteiger partial charge in [0, 0.05) is 13.7 Å². The maximum atomic E-state index is 10.8. The van der Waals surface area contributed by atoms with Crippen molar-refractivity contribution >= 4 is 0 Å². The molecule has 2 N–H and O–H groups in total. The zero-order chi connectivity index (χ0) is 20.9. The van der Waals surface area contributed by atoms with Gasteiger partial charge in [-0.05, 0) is 124 Å². The fourth-order valence-corrected chi connectivity index (χ4v) is 9.37. The lowest BCUT2D eigenvalue weighted by Crippen LogP contribution is -2.58. The van der Waals surface area contributed by atoms with Crippen molar-refractivity contribution in [3.8, 4) is 0 Å². The summed E-state index contributed by atoms with van der Waals surface area (Å²) in [7, 11) is 1.89. The van der Waals surface area contributed by atoms with Crippen molar-refractivity contribution in [2.45, 2.75) is 97.0 Å². The second kappa shape index (κ2) is 8.10. The van der Waals surface area contributed by atoms with Gasteiger partial charge in [-0.15, -0.1) is 0 Å². The van der Waals surface area contributed by atoms with Crippen molar-refractivity contribution < 1.29 is 14.9 Å². The van der Waals surface area contributed by atoms with Gasteiger partial charge in [-0.25, -0.2) is 0 Å². The summed E-state index contributed by atoms with van der Waals surface area (Å²) >= 11 is 0. The van der Waals surface area contributed by atoms with Crippen LogP contribution >= 0.6 is 0 Å². The lowest BCUT2D eigenvalue weighted by molar-refractivity contribution is -0.175. The molecule has 4 rings (SSSR count). The second-order valence-corrected chi connectivity index (χ2v) is 12.1. The molecule has 9 atom stereocenters. The lowest BCUT2D eigenvalue weighted by Gasteiger charge is -2.63. The van der Waals surface area contributed by atoms with Crippen LogP contribution in [0.25, 0.3) is 0 Å². The maximum Gasteiger partial charge on any atom is 0.0622 e. The molecular formula is C26H46O3. The number of hydrogen-bond acceptors (Lipinski definition) is 3. The molecule has 0 heterocycles. The third-order valence-electron chi connectivity index (χ3n) is 10.6. The third kappa shape index (κ3) is 3.61. The SMILES string of the molecule is COC[C@]12CC[C@](C)(O)C[C@@H]1CC[C@H]1[C@@H]3CC[C@H]([C@H](C)CCCO)[C@@]3(C)CC[C@@H]12. The topological polar surface area (TPSA) is 49.7 Å². The second-order valence-electron chi connectivity index (χ2n) is 12.1. The van der Waals surface area contributed by atoms with E-state index < -0.39 is 5.60 Å². The van der Waals surface area contributed by atoms with Crippen molar-refractivity contribution in [1.29, 1.82) is 0 Å². The van der Waals surface area contributed by atoms with E-state index >= 15 is 0 Å². The van der Waals surface area contributed by atoms with Crippen LogP contribution in [0.15, 0.2) is 0 Å². The minimum Gasteiger partial charge on any atom is -0.396 e. The molecule has 3 heteroatoms. The van der Waals surface area contributed by atoms with Gasteiger partial charge in [0.15, 0.2) is 0 Å². The van der Waals surface area contributed by atoms with Gasteiger partial charge in [0.2, 0.25) is 0 Å². The normalized spacial score (nSPS) is 50.5. The Morgan fingerprint density at radius 2 is 1.79 bits per heavy atom. The van der Waals surface area contributed by atoms with Gasteiger partial charge >= 0.3 is 0 Å². The van der Waals surface area contributed by atoms with E-state index in [2.05, 4.69) is 20.8 Å². The van der Waals surface area contributed by atoms with Gasteiger partial charge in [0.1, 0.15) is 0 Å². The monoisotopic (exact) mass is 406 g/mol. The number of ether oxygens (including phenoxy) is 1. The molecule has 0 aromatic rings. The largest absolute Gasteiger partial charge is 0.396 e. The fraction of sp³-hybridized carbons (Fsp3) is 1.00. The molecule has 29 heavy (non-hydrogen) atoms. The van der Waals surface area contributed by atoms with Crippen LogP contribution in [0, 0.1) is 46.3 Å². The van der Waals surface area contributed by atoms with Crippen molar-refractivity contribution in [3.63, 3.8) is 0 Å². The first-order valence-electron chi connectivity index (χ1n) is 12.6. The zero-order valence-corrected chi connectivity index (χ0v) is 19.5. The highest BCUT2D eigenvalue weighted by molar-refractivity contribution is 5.11. The first-order valence-corrected chi connectivity index (χ1v) is 12.6. The number of aliphatic hydroxyl groups is 2. The molecular weight excluding hydrogens is 360 g/mol. The quantitative estimate of drug-likeness (QED) is 0.618. The Morgan fingerprint density at radius 1 is 1.00 bits per heavy atom. The van der Waals surface area contributed by atoms with E-state index in [1.807, 2.05) is 7.11 Å². The summed E-state index contributed by atoms with van der Waals surface area (Å²) in [5, 5.41) is 20.1. The summed E-state index contributed by atoms with van der Waals surface area (Å²) in [4.78, 5) is 0. The van der Waals surface area contributed by atoms with Crippen LogP contribution in [0.2, 0.25) is 0 Å². The Bertz CT molecular complexity index is 574. The molecule has 4 aliphatic carbocycles. The van der Waals surface area contributed by atoms with Gasteiger partial charge in [-0.1, -0.05) is 13.8 Å². The van der Waals surface area contributed by atoms with Crippen molar-refractivity contribution in [1.82, 2.24) is 0 Å². The van der Waals surface area contributed by atoms with Crippen LogP contribution in [0.4, 0.5) is 0 Å². The van der Waals surface area contributed by atoms with E-state index in [1.165, 1.54) is 44.9 Å². The van der Waals surface area contributed by atoms with E-state index in [1.54, 1.807) is 0 Å². The molecule has 0 bridgehead atoms. The molecule has 0 radical (unpaired) electrons. The maximum absolute atomic E-state index is 10.8. The van der Waals surface area contributed by atoms with Crippen LogP contribution in [-0.2, 0) is 4.74 Å². The van der Waals surface area contributed by atoms with Gasteiger partial charge in [-0.2, -0.15) is 0 Å². The predicted octanol–water partition coefficient (Wildman–Crippen LogP) is 5.43. The molecule has 0 saturated heterocycles. The summed E-state index contributed by atoms with van der Waals surface area (Å²) in [6.45, 7) is 8.37. The number of hydrogen-bond donors (Lipinski definition) is 2. The van der Waals surface area contributed by atoms with Gasteiger partial charge < -0.3 is 14.9 Å². The van der Waals surface area contributed by atoms with E-state index in [0.717, 1.165) is 61.9 Å². The number of methoxy groups -OCH3 is 1. The Hall–Kier alpha value is -0.120. The van der Waals surface area contributed by atoms with Crippen LogP contribution in [0.5, 0.6) is 0 Å². The van der Waals surface area contributed by atoms with E-state index in [-0.39, 0.29) is 0 Å². The molecule has 4 saturated carbocycles. The first kappa shape index (κ1) is 22.1. The zero-order valence-electron chi connectivity index (χ0n) is 19.5. The smallest absolute Gasteiger partial charge is 0.0622 e. The Balaban J connectivity index is 1.57. The van der Waals surface area contributed by atoms with Crippen molar-refractivity contribution in [3.05, 3.63) is 0 Å². The van der Waals surface area contributed by atoms with Gasteiger partial charge in [0.05, 0.1) is 12.2 Å². The summed E-state index contributed by atoms with van der Waals surface area (Å²) in [6, 6.07) is 0. The Labute approximate surface area is 179 Å². The Morgan fingerprint density at radius 3 is 2.52 bits per heavy atom. The molecule has 0 amide bonds. The molecule has 0 aliphatic heterocycles. The molecule has 0 aromatic carbocycles. The van der Waals surface area contributed by atoms with Gasteiger partial charge in [-0.3, -0.25) is 0 Å². The lowest BCUT2D eigenvalue weighted by atomic mass is 9.43. The summed E-state index contributed by atoms with van der Waals surface area (Å²) < 4.78 is 5.89. The van der Waals surface area contributed by atoms with Crippen LogP contribution in [-0.4, -0.2) is 36.1 Å². The highest BCUT2D eigenvalue weighted by Gasteiger charge is 2.62. The molecule has 0 spiro atoms. The number of fused-ring (bicyclic) bond motifs is 5. The minimum atomic E-state index is -0.474. The standard InChI is InChI=1S/C26H46O3/c1-18(6-5-15-27)21-9-10-22-20-8-7-19-16-24(2,28)13-14-26(19,17-29-4)23(20)11-12-25(21,22)3/h18-23,27-28H,5-17H2,1-4H3/t18-,19+,20+,21-,22+,23+,24+,25-,26-/m1/s1. The average molecular weight is 407 g/mol. The Kier molecular flexibility index (Phi) is 6.17. The van der Waals surface area contributed by atoms with Crippen LogP contribution in [0.1, 0.15) is 91.4 Å². The van der Waals surface area contributed by atoms with E-state index in [4.69, 9.17) is 4.74 Å². The highest BCUT2D eigenvalue weighted by Crippen LogP contribution is 2.69. The van der Waals surface area contributed by atoms with Gasteiger partial charge in [0.25, 0.3) is 0 Å². The fourth-order valence-electron chi connectivity index (χ4n) is 9.37. The first-order chi connectivity index (χ1) is 13.8. The molecule has 4 fully saturated rings. The van der Waals surface area contributed by atoms with Crippen molar-refractivity contribution in [2.75, 3.05) is 20.3 Å². The van der Waals surface area contributed by atoms with Crippen LogP contribution in [0.3, 0.4) is 0 Å². The molecule has 3 nitrogen and oxygen atoms in total. The molecule has 0 aromatic heterocycles. The minimum absolute atomic E-state index is 0.307. The highest BCUT2D eigenvalue weighted by atomic mass is 16.5. The third-order valence-corrected chi connectivity index (χ3v) is 10.6. The molecule has 4 aliphatic rings. The van der Waals surface area contributed by atoms with Crippen LogP contribution < -0.4 is 0 Å².